The maximum atomic E-state index is 5.32. The smallest absolute Gasteiger partial charge is 0.142 e. The van der Waals surface area contributed by atoms with E-state index in [0.717, 1.165) is 24.1 Å². The Labute approximate surface area is 77.9 Å². The molecule has 0 radical (unpaired) electrons. The first kappa shape index (κ1) is 7.25. The SMILES string of the molecule is COc1cccc2c1NCC1CC21. The van der Waals surface area contributed by atoms with Crippen molar-refractivity contribution >= 4 is 5.69 Å². The van der Waals surface area contributed by atoms with Gasteiger partial charge in [0, 0.05) is 6.54 Å². The van der Waals surface area contributed by atoms with Gasteiger partial charge in [-0.25, -0.2) is 0 Å². The third kappa shape index (κ3) is 0.947. The van der Waals surface area contributed by atoms with Gasteiger partial charge in [-0.3, -0.25) is 0 Å². The predicted octanol–water partition coefficient (Wildman–Crippen LogP) is 2.22. The van der Waals surface area contributed by atoms with Crippen molar-refractivity contribution in [1.82, 2.24) is 0 Å². The number of anilines is 1. The van der Waals surface area contributed by atoms with E-state index in [1.165, 1.54) is 17.7 Å². The van der Waals surface area contributed by atoms with Gasteiger partial charge < -0.3 is 10.1 Å². The van der Waals surface area contributed by atoms with Crippen molar-refractivity contribution in [3.05, 3.63) is 23.8 Å². The summed E-state index contributed by atoms with van der Waals surface area (Å²) in [7, 11) is 1.73. The lowest BCUT2D eigenvalue weighted by Crippen LogP contribution is -2.12. The molecule has 0 saturated heterocycles. The highest BCUT2D eigenvalue weighted by molar-refractivity contribution is 5.66. The summed E-state index contributed by atoms with van der Waals surface area (Å²) < 4.78 is 5.32. The third-order valence-corrected chi connectivity index (χ3v) is 3.14. The summed E-state index contributed by atoms with van der Waals surface area (Å²) in [6.45, 7) is 1.12. The second-order valence-electron chi connectivity index (χ2n) is 3.91. The largest absolute Gasteiger partial charge is 0.495 e. The van der Waals surface area contributed by atoms with Crippen LogP contribution in [-0.4, -0.2) is 13.7 Å². The number of nitrogens with one attached hydrogen (secondary N) is 1. The Balaban J connectivity index is 2.12. The van der Waals surface area contributed by atoms with E-state index in [1.807, 2.05) is 6.07 Å². The molecule has 1 heterocycles. The highest BCUT2D eigenvalue weighted by Gasteiger charge is 2.42. The van der Waals surface area contributed by atoms with Crippen LogP contribution < -0.4 is 10.1 Å². The van der Waals surface area contributed by atoms with Crippen molar-refractivity contribution in [2.45, 2.75) is 12.3 Å². The minimum atomic E-state index is 0.811. The molecule has 1 aromatic rings. The first-order chi connectivity index (χ1) is 6.40. The number of para-hydroxylation sites is 1. The second-order valence-corrected chi connectivity index (χ2v) is 3.91. The van der Waals surface area contributed by atoms with Crippen LogP contribution >= 0.6 is 0 Å². The van der Waals surface area contributed by atoms with Gasteiger partial charge in [0.15, 0.2) is 0 Å². The van der Waals surface area contributed by atoms with Gasteiger partial charge in [0.05, 0.1) is 12.8 Å². The first-order valence-electron chi connectivity index (χ1n) is 4.81. The van der Waals surface area contributed by atoms with Gasteiger partial charge in [-0.1, -0.05) is 12.1 Å². The van der Waals surface area contributed by atoms with Gasteiger partial charge in [-0.2, -0.15) is 0 Å². The number of benzene rings is 1. The molecule has 1 aliphatic heterocycles. The fourth-order valence-corrected chi connectivity index (χ4v) is 2.30. The Hall–Kier alpha value is -1.18. The number of rotatable bonds is 1. The molecule has 1 saturated carbocycles. The summed E-state index contributed by atoms with van der Waals surface area (Å²) in [6.07, 6.45) is 1.35. The maximum Gasteiger partial charge on any atom is 0.142 e. The summed E-state index contributed by atoms with van der Waals surface area (Å²) >= 11 is 0. The number of fused-ring (bicyclic) bond motifs is 3. The van der Waals surface area contributed by atoms with E-state index < -0.39 is 0 Å². The summed E-state index contributed by atoms with van der Waals surface area (Å²) in [4.78, 5) is 0. The Bertz CT molecular complexity index is 348. The molecule has 13 heavy (non-hydrogen) atoms. The Kier molecular flexibility index (Phi) is 1.34. The Morgan fingerprint density at radius 3 is 3.23 bits per heavy atom. The normalized spacial score (nSPS) is 28.4. The van der Waals surface area contributed by atoms with Crippen LogP contribution in [0, 0.1) is 5.92 Å². The zero-order valence-corrected chi connectivity index (χ0v) is 7.71. The molecule has 2 heteroatoms. The van der Waals surface area contributed by atoms with Crippen LogP contribution in [0.5, 0.6) is 5.75 Å². The Morgan fingerprint density at radius 1 is 1.46 bits per heavy atom. The summed E-state index contributed by atoms with van der Waals surface area (Å²) in [5.74, 6) is 2.69. The lowest BCUT2D eigenvalue weighted by molar-refractivity contribution is 0.415. The lowest BCUT2D eigenvalue weighted by atomic mass is 10.0. The van der Waals surface area contributed by atoms with Gasteiger partial charge in [-0.15, -0.1) is 0 Å². The molecule has 2 aliphatic rings. The fourth-order valence-electron chi connectivity index (χ4n) is 2.30. The van der Waals surface area contributed by atoms with Crippen LogP contribution in [0.15, 0.2) is 18.2 Å². The molecule has 1 N–H and O–H groups in total. The minimum absolute atomic E-state index is 0.811. The maximum absolute atomic E-state index is 5.32. The first-order valence-corrected chi connectivity index (χ1v) is 4.81. The van der Waals surface area contributed by atoms with Gasteiger partial charge >= 0.3 is 0 Å². The van der Waals surface area contributed by atoms with E-state index in [9.17, 15) is 0 Å². The Morgan fingerprint density at radius 2 is 2.38 bits per heavy atom. The van der Waals surface area contributed by atoms with Crippen molar-refractivity contribution in [3.63, 3.8) is 0 Å². The topological polar surface area (TPSA) is 21.3 Å². The van der Waals surface area contributed by atoms with E-state index in [2.05, 4.69) is 17.4 Å². The van der Waals surface area contributed by atoms with Crippen molar-refractivity contribution in [2.75, 3.05) is 19.0 Å². The molecule has 2 nitrogen and oxygen atoms in total. The van der Waals surface area contributed by atoms with Crippen LogP contribution in [0.4, 0.5) is 5.69 Å². The summed E-state index contributed by atoms with van der Waals surface area (Å²) in [5.41, 5.74) is 2.68. The summed E-state index contributed by atoms with van der Waals surface area (Å²) in [6, 6.07) is 6.32. The fraction of sp³-hybridized carbons (Fsp3) is 0.455. The van der Waals surface area contributed by atoms with Crippen LogP contribution in [0.3, 0.4) is 0 Å². The molecule has 0 amide bonds. The predicted molar refractivity (Wildman–Crippen MR) is 52.3 cm³/mol. The van der Waals surface area contributed by atoms with E-state index in [-0.39, 0.29) is 0 Å². The number of methoxy groups -OCH3 is 1. The van der Waals surface area contributed by atoms with Gasteiger partial charge in [0.2, 0.25) is 0 Å². The van der Waals surface area contributed by atoms with E-state index >= 15 is 0 Å². The molecular formula is C11H13NO. The van der Waals surface area contributed by atoms with E-state index in [0.29, 0.717) is 0 Å². The summed E-state index contributed by atoms with van der Waals surface area (Å²) in [5, 5.41) is 3.45. The van der Waals surface area contributed by atoms with Crippen molar-refractivity contribution in [2.24, 2.45) is 5.92 Å². The zero-order valence-electron chi connectivity index (χ0n) is 7.71. The van der Waals surface area contributed by atoms with Crippen LogP contribution in [0.1, 0.15) is 17.9 Å². The molecule has 1 aromatic carbocycles. The second kappa shape index (κ2) is 2.41. The lowest BCUT2D eigenvalue weighted by Gasteiger charge is -2.19. The molecule has 2 unspecified atom stereocenters. The molecular weight excluding hydrogens is 162 g/mol. The highest BCUT2D eigenvalue weighted by atomic mass is 16.5. The van der Waals surface area contributed by atoms with Crippen molar-refractivity contribution in [3.8, 4) is 5.75 Å². The molecule has 68 valence electrons. The van der Waals surface area contributed by atoms with Crippen molar-refractivity contribution in [1.29, 1.82) is 0 Å². The highest BCUT2D eigenvalue weighted by Crippen LogP contribution is 2.54. The molecule has 0 bridgehead atoms. The average Bonchev–Trinajstić information content (AvgIpc) is 2.95. The monoisotopic (exact) mass is 175 g/mol. The molecule has 0 spiro atoms. The van der Waals surface area contributed by atoms with Gasteiger partial charge in [0.25, 0.3) is 0 Å². The molecule has 1 fully saturated rings. The molecule has 3 rings (SSSR count). The number of ether oxygens (including phenoxy) is 1. The van der Waals surface area contributed by atoms with Crippen LogP contribution in [-0.2, 0) is 0 Å². The van der Waals surface area contributed by atoms with E-state index in [1.54, 1.807) is 7.11 Å². The molecule has 2 atom stereocenters. The third-order valence-electron chi connectivity index (χ3n) is 3.14. The number of hydrogen-bond acceptors (Lipinski definition) is 2. The van der Waals surface area contributed by atoms with E-state index in [4.69, 9.17) is 4.74 Å². The standard InChI is InChI=1S/C11H13NO/c1-13-10-4-2-3-8-9-5-7(9)6-12-11(8)10/h2-4,7,9,12H,5-6H2,1H3. The molecule has 1 aliphatic carbocycles. The zero-order chi connectivity index (χ0) is 8.84. The van der Waals surface area contributed by atoms with Gasteiger partial charge in [0.1, 0.15) is 5.75 Å². The quantitative estimate of drug-likeness (QED) is 0.706. The molecule has 0 aromatic heterocycles. The number of hydrogen-bond donors (Lipinski definition) is 1. The van der Waals surface area contributed by atoms with Crippen LogP contribution in [0.2, 0.25) is 0 Å². The minimum Gasteiger partial charge on any atom is -0.495 e. The van der Waals surface area contributed by atoms with Crippen molar-refractivity contribution < 1.29 is 4.74 Å². The van der Waals surface area contributed by atoms with Gasteiger partial charge in [-0.05, 0) is 29.9 Å². The average molecular weight is 175 g/mol. The van der Waals surface area contributed by atoms with Crippen LogP contribution in [0.25, 0.3) is 0 Å².